The molecule has 24 heavy (non-hydrogen) atoms. The van der Waals surface area contributed by atoms with Crippen molar-refractivity contribution in [2.45, 2.75) is 19.9 Å². The van der Waals surface area contributed by atoms with Crippen LogP contribution in [0.2, 0.25) is 0 Å². The van der Waals surface area contributed by atoms with Gasteiger partial charge >= 0.3 is 0 Å². The molecule has 4 nitrogen and oxygen atoms in total. The normalized spacial score (nSPS) is 14.3. The summed E-state index contributed by atoms with van der Waals surface area (Å²) in [5.41, 5.74) is 1.23. The third kappa shape index (κ3) is 3.50. The van der Waals surface area contributed by atoms with Gasteiger partial charge in [-0.2, -0.15) is 0 Å². The highest BCUT2D eigenvalue weighted by Crippen LogP contribution is 2.34. The Balaban J connectivity index is 1.83. The van der Waals surface area contributed by atoms with Gasteiger partial charge in [-0.05, 0) is 41.8 Å². The third-order valence-electron chi connectivity index (χ3n) is 3.97. The first-order valence-corrected chi connectivity index (χ1v) is 8.00. The highest BCUT2D eigenvalue weighted by molar-refractivity contribution is 5.94. The third-order valence-corrected chi connectivity index (χ3v) is 3.97. The molecule has 0 spiro atoms. The van der Waals surface area contributed by atoms with Crippen molar-refractivity contribution in [2.75, 3.05) is 13.2 Å². The van der Waals surface area contributed by atoms with Gasteiger partial charge in [0.15, 0.2) is 11.5 Å². The van der Waals surface area contributed by atoms with Crippen LogP contribution in [0.1, 0.15) is 35.8 Å². The van der Waals surface area contributed by atoms with E-state index in [4.69, 9.17) is 9.47 Å². The van der Waals surface area contributed by atoms with Gasteiger partial charge in [-0.3, -0.25) is 4.79 Å². The fourth-order valence-corrected chi connectivity index (χ4v) is 2.74. The van der Waals surface area contributed by atoms with Crippen LogP contribution in [0.25, 0.3) is 0 Å². The Bertz CT molecular complexity index is 745. The molecule has 0 unspecified atom stereocenters. The van der Waals surface area contributed by atoms with Crippen LogP contribution in [-0.4, -0.2) is 19.1 Å². The number of nitrogens with one attached hydrogen (secondary N) is 1. The second-order valence-electron chi connectivity index (χ2n) is 6.11. The van der Waals surface area contributed by atoms with E-state index in [0.717, 1.165) is 5.56 Å². The van der Waals surface area contributed by atoms with E-state index in [0.29, 0.717) is 30.3 Å². The van der Waals surface area contributed by atoms with Crippen molar-refractivity contribution >= 4 is 5.91 Å². The van der Waals surface area contributed by atoms with Crippen molar-refractivity contribution in [1.82, 2.24) is 5.32 Å². The predicted molar refractivity (Wildman–Crippen MR) is 88.9 cm³/mol. The number of carbonyl (C=O) groups is 1. The molecule has 5 heteroatoms. The SMILES string of the molecule is CC(C)[C@H](NC(=O)c1cccc(F)c1)c1ccc2c(c1)OCCO2. The van der Waals surface area contributed by atoms with Crippen LogP contribution in [-0.2, 0) is 0 Å². The van der Waals surface area contributed by atoms with E-state index in [1.165, 1.54) is 18.2 Å². The highest BCUT2D eigenvalue weighted by atomic mass is 19.1. The molecule has 2 aromatic carbocycles. The fourth-order valence-electron chi connectivity index (χ4n) is 2.74. The minimum Gasteiger partial charge on any atom is -0.486 e. The smallest absolute Gasteiger partial charge is 0.251 e. The number of hydrogen-bond donors (Lipinski definition) is 1. The first-order valence-electron chi connectivity index (χ1n) is 8.00. The number of rotatable bonds is 4. The molecular formula is C19H20FNO3. The van der Waals surface area contributed by atoms with Gasteiger partial charge in [-0.15, -0.1) is 0 Å². The van der Waals surface area contributed by atoms with Crippen LogP contribution in [0.4, 0.5) is 4.39 Å². The van der Waals surface area contributed by atoms with Crippen molar-refractivity contribution in [3.63, 3.8) is 0 Å². The van der Waals surface area contributed by atoms with Crippen molar-refractivity contribution in [1.29, 1.82) is 0 Å². The average Bonchev–Trinajstić information content (AvgIpc) is 2.58. The van der Waals surface area contributed by atoms with E-state index in [9.17, 15) is 9.18 Å². The molecule has 1 atom stereocenters. The lowest BCUT2D eigenvalue weighted by Gasteiger charge is -2.25. The van der Waals surface area contributed by atoms with Crippen LogP contribution in [0.5, 0.6) is 11.5 Å². The summed E-state index contributed by atoms with van der Waals surface area (Å²) in [6, 6.07) is 11.1. The standard InChI is InChI=1S/C19H20FNO3/c1-12(2)18(21-19(22)14-4-3-5-15(20)10-14)13-6-7-16-17(11-13)24-9-8-23-16/h3-7,10-12,18H,8-9H2,1-2H3,(H,21,22)/t18-/m0/s1. The van der Waals surface area contributed by atoms with Crippen LogP contribution in [0.15, 0.2) is 42.5 Å². The molecular weight excluding hydrogens is 309 g/mol. The van der Waals surface area contributed by atoms with Crippen LogP contribution in [0, 0.1) is 11.7 Å². The number of carbonyl (C=O) groups excluding carboxylic acids is 1. The lowest BCUT2D eigenvalue weighted by atomic mass is 9.95. The highest BCUT2D eigenvalue weighted by Gasteiger charge is 2.22. The fraction of sp³-hybridized carbons (Fsp3) is 0.316. The maximum atomic E-state index is 13.3. The summed E-state index contributed by atoms with van der Waals surface area (Å²) < 4.78 is 24.5. The Morgan fingerprint density at radius 3 is 2.54 bits per heavy atom. The second kappa shape index (κ2) is 6.91. The van der Waals surface area contributed by atoms with Crippen molar-refractivity contribution in [3.05, 3.63) is 59.4 Å². The van der Waals surface area contributed by atoms with Gasteiger partial charge in [0, 0.05) is 5.56 Å². The molecule has 1 amide bonds. The summed E-state index contributed by atoms with van der Waals surface area (Å²) in [6.07, 6.45) is 0. The van der Waals surface area contributed by atoms with Crippen LogP contribution < -0.4 is 14.8 Å². The van der Waals surface area contributed by atoms with E-state index in [-0.39, 0.29) is 17.9 Å². The zero-order chi connectivity index (χ0) is 17.1. The quantitative estimate of drug-likeness (QED) is 0.930. The lowest BCUT2D eigenvalue weighted by Crippen LogP contribution is -2.32. The Hall–Kier alpha value is -2.56. The predicted octanol–water partition coefficient (Wildman–Crippen LogP) is 3.72. The first-order chi connectivity index (χ1) is 11.5. The number of ether oxygens (including phenoxy) is 2. The van der Waals surface area contributed by atoms with Gasteiger partial charge in [-0.1, -0.05) is 26.0 Å². The molecule has 126 valence electrons. The summed E-state index contributed by atoms with van der Waals surface area (Å²) in [5.74, 6) is 0.824. The van der Waals surface area contributed by atoms with Gasteiger partial charge in [0.05, 0.1) is 6.04 Å². The molecule has 1 N–H and O–H groups in total. The molecule has 3 rings (SSSR count). The van der Waals surface area contributed by atoms with E-state index in [1.54, 1.807) is 6.07 Å². The Kier molecular flexibility index (Phi) is 4.69. The summed E-state index contributed by atoms with van der Waals surface area (Å²) >= 11 is 0. The molecule has 0 aliphatic carbocycles. The Morgan fingerprint density at radius 1 is 1.08 bits per heavy atom. The first kappa shape index (κ1) is 16.3. The molecule has 1 heterocycles. The summed E-state index contributed by atoms with van der Waals surface area (Å²) in [6.45, 7) is 5.09. The van der Waals surface area contributed by atoms with Gasteiger partial charge < -0.3 is 14.8 Å². The van der Waals surface area contributed by atoms with Crippen molar-refractivity contribution in [3.8, 4) is 11.5 Å². The number of fused-ring (bicyclic) bond motifs is 1. The zero-order valence-electron chi connectivity index (χ0n) is 13.7. The number of amides is 1. The van der Waals surface area contributed by atoms with E-state index < -0.39 is 5.82 Å². The Morgan fingerprint density at radius 2 is 1.83 bits per heavy atom. The maximum Gasteiger partial charge on any atom is 0.251 e. The molecule has 0 saturated carbocycles. The maximum absolute atomic E-state index is 13.3. The summed E-state index contributed by atoms with van der Waals surface area (Å²) in [7, 11) is 0. The minimum absolute atomic E-state index is 0.157. The van der Waals surface area contributed by atoms with Gasteiger partial charge in [0.1, 0.15) is 19.0 Å². The molecule has 0 fully saturated rings. The van der Waals surface area contributed by atoms with Crippen LogP contribution >= 0.6 is 0 Å². The molecule has 0 saturated heterocycles. The van der Waals surface area contributed by atoms with Gasteiger partial charge in [-0.25, -0.2) is 4.39 Å². The number of benzene rings is 2. The number of halogens is 1. The van der Waals surface area contributed by atoms with Gasteiger partial charge in [0.2, 0.25) is 0 Å². The molecule has 0 bridgehead atoms. The topological polar surface area (TPSA) is 47.6 Å². The van der Waals surface area contributed by atoms with E-state index >= 15 is 0 Å². The van der Waals surface area contributed by atoms with Crippen molar-refractivity contribution < 1.29 is 18.7 Å². The van der Waals surface area contributed by atoms with Crippen LogP contribution in [0.3, 0.4) is 0 Å². The van der Waals surface area contributed by atoms with E-state index in [2.05, 4.69) is 5.32 Å². The molecule has 1 aliphatic rings. The summed E-state index contributed by atoms with van der Waals surface area (Å²) in [5, 5.41) is 2.98. The summed E-state index contributed by atoms with van der Waals surface area (Å²) in [4.78, 5) is 12.4. The monoisotopic (exact) mass is 329 g/mol. The number of hydrogen-bond acceptors (Lipinski definition) is 3. The second-order valence-corrected chi connectivity index (χ2v) is 6.11. The zero-order valence-corrected chi connectivity index (χ0v) is 13.7. The molecule has 0 aromatic heterocycles. The van der Waals surface area contributed by atoms with Gasteiger partial charge in [0.25, 0.3) is 5.91 Å². The molecule has 1 aliphatic heterocycles. The van der Waals surface area contributed by atoms with E-state index in [1.807, 2.05) is 32.0 Å². The lowest BCUT2D eigenvalue weighted by molar-refractivity contribution is 0.0925. The minimum atomic E-state index is -0.428. The molecule has 0 radical (unpaired) electrons. The molecule has 2 aromatic rings. The average molecular weight is 329 g/mol. The Labute approximate surface area is 140 Å². The largest absolute Gasteiger partial charge is 0.486 e. The van der Waals surface area contributed by atoms with Crippen molar-refractivity contribution in [2.24, 2.45) is 5.92 Å².